The molecule has 1 saturated heterocycles. The monoisotopic (exact) mass is 280 g/mol. The molecule has 1 aromatic heterocycles. The van der Waals surface area contributed by atoms with Gasteiger partial charge in [-0.05, 0) is 0 Å². The highest BCUT2D eigenvalue weighted by Gasteiger charge is 2.43. The largest absolute Gasteiger partial charge is 0.412 e. The van der Waals surface area contributed by atoms with Crippen LogP contribution in [-0.4, -0.2) is 55.3 Å². The van der Waals surface area contributed by atoms with Crippen LogP contribution in [0.3, 0.4) is 0 Å². The summed E-state index contributed by atoms with van der Waals surface area (Å²) in [5.74, 6) is -1.23. The highest BCUT2D eigenvalue weighted by Crippen LogP contribution is 2.27. The Bertz CT molecular complexity index is 556. The van der Waals surface area contributed by atoms with Crippen molar-refractivity contribution in [1.82, 2.24) is 9.55 Å². The lowest BCUT2D eigenvalue weighted by Crippen LogP contribution is -2.38. The lowest BCUT2D eigenvalue weighted by molar-refractivity contribution is -0.0554. The van der Waals surface area contributed by atoms with Crippen molar-refractivity contribution in [2.45, 2.75) is 24.5 Å². The fourth-order valence-corrected chi connectivity index (χ4v) is 1.76. The lowest BCUT2D eigenvalue weighted by Gasteiger charge is -2.16. The predicted molar refractivity (Wildman–Crippen MR) is 57.9 cm³/mol. The van der Waals surface area contributed by atoms with E-state index in [1.54, 1.807) is 4.98 Å². The second-order valence-electron chi connectivity index (χ2n) is 3.87. The average molecular weight is 280 g/mol. The Kier molecular flexibility index (Phi) is 4.55. The molecule has 4 atom stereocenters. The van der Waals surface area contributed by atoms with Crippen LogP contribution in [0.25, 0.3) is 0 Å². The zero-order valence-corrected chi connectivity index (χ0v) is 9.49. The van der Waals surface area contributed by atoms with Gasteiger partial charge in [-0.15, -0.1) is 0 Å². The minimum Gasteiger partial charge on any atom is -0.412 e. The molecule has 1 fully saturated rings. The van der Waals surface area contributed by atoms with Crippen LogP contribution >= 0.6 is 0 Å². The molecule has 0 amide bonds. The summed E-state index contributed by atoms with van der Waals surface area (Å²) in [6.07, 6.45) is -4.84. The Labute approximate surface area is 104 Å². The van der Waals surface area contributed by atoms with Gasteiger partial charge in [-0.25, -0.2) is 4.79 Å². The molecular formula is C9H13FN2O7. The highest BCUT2D eigenvalue weighted by atomic mass is 19.1. The number of aromatic nitrogens is 2. The number of halogens is 1. The molecule has 9 nitrogen and oxygen atoms in total. The van der Waals surface area contributed by atoms with Crippen LogP contribution in [-0.2, 0) is 4.74 Å². The summed E-state index contributed by atoms with van der Waals surface area (Å²) >= 11 is 0. The average Bonchev–Trinajstić information content (AvgIpc) is 2.61. The number of hydrogen-bond donors (Lipinski definition) is 4. The van der Waals surface area contributed by atoms with Gasteiger partial charge in [0.25, 0.3) is 5.56 Å². The summed E-state index contributed by atoms with van der Waals surface area (Å²) < 4.78 is 18.7. The third-order valence-corrected chi connectivity index (χ3v) is 2.72. The third-order valence-electron chi connectivity index (χ3n) is 2.72. The molecule has 1 aromatic rings. The van der Waals surface area contributed by atoms with Gasteiger partial charge in [-0.1, -0.05) is 0 Å². The quantitative estimate of drug-likeness (QED) is 0.439. The van der Waals surface area contributed by atoms with Gasteiger partial charge >= 0.3 is 5.69 Å². The number of aromatic amines is 1. The maximum Gasteiger partial charge on any atom is 0.330 e. The molecular weight excluding hydrogens is 267 g/mol. The summed E-state index contributed by atoms with van der Waals surface area (Å²) in [6.45, 7) is -0.574. The Hall–Kier alpha value is -1.59. The van der Waals surface area contributed by atoms with Gasteiger partial charge in [0.2, 0.25) is 5.82 Å². The van der Waals surface area contributed by atoms with Gasteiger partial charge in [-0.3, -0.25) is 14.3 Å². The molecule has 0 saturated carbocycles. The molecule has 19 heavy (non-hydrogen) atoms. The van der Waals surface area contributed by atoms with Crippen molar-refractivity contribution in [2.75, 3.05) is 6.61 Å². The van der Waals surface area contributed by atoms with Crippen molar-refractivity contribution in [3.8, 4) is 0 Å². The molecule has 10 heteroatoms. The molecule has 0 radical (unpaired) electrons. The number of hydrogen-bond acceptors (Lipinski definition) is 6. The van der Waals surface area contributed by atoms with Crippen molar-refractivity contribution in [2.24, 2.45) is 0 Å². The Morgan fingerprint density at radius 1 is 1.37 bits per heavy atom. The van der Waals surface area contributed by atoms with E-state index in [1.807, 2.05) is 0 Å². The predicted octanol–water partition coefficient (Wildman–Crippen LogP) is -3.54. The Morgan fingerprint density at radius 3 is 2.53 bits per heavy atom. The first kappa shape index (κ1) is 15.5. The zero-order valence-electron chi connectivity index (χ0n) is 9.49. The first-order valence-electron chi connectivity index (χ1n) is 5.09. The van der Waals surface area contributed by atoms with Crippen LogP contribution in [0.15, 0.2) is 15.8 Å². The molecule has 6 N–H and O–H groups in total. The first-order valence-corrected chi connectivity index (χ1v) is 5.09. The van der Waals surface area contributed by atoms with Gasteiger partial charge < -0.3 is 25.5 Å². The minimum absolute atomic E-state index is 0. The van der Waals surface area contributed by atoms with Crippen molar-refractivity contribution in [1.29, 1.82) is 0 Å². The Balaban J connectivity index is 0.00000180. The van der Waals surface area contributed by atoms with Gasteiger partial charge in [-0.2, -0.15) is 4.39 Å². The molecule has 108 valence electrons. The first-order chi connectivity index (χ1) is 8.45. The maximum atomic E-state index is 13.1. The van der Waals surface area contributed by atoms with E-state index < -0.39 is 48.2 Å². The second kappa shape index (κ2) is 5.59. The van der Waals surface area contributed by atoms with E-state index in [4.69, 9.17) is 9.84 Å². The standard InChI is InChI=1S/C9H11FN2O6.H2O/c10-3-1-12(9(17)11-7(3)16)8-6(15)5(14)4(2-13)18-8;/h1,4-6,8,13-15H,2H2,(H,11,16,17);1H2/t4-,5-,6-,8-;/m1./s1. The normalized spacial score (nSPS) is 30.1. The van der Waals surface area contributed by atoms with Crippen LogP contribution < -0.4 is 11.2 Å². The molecule has 1 aliphatic rings. The van der Waals surface area contributed by atoms with Crippen molar-refractivity contribution >= 4 is 0 Å². The number of rotatable bonds is 2. The van der Waals surface area contributed by atoms with Crippen LogP contribution in [0.2, 0.25) is 0 Å². The molecule has 0 spiro atoms. The summed E-state index contributed by atoms with van der Waals surface area (Å²) in [5, 5.41) is 28.0. The molecule has 0 unspecified atom stereocenters. The van der Waals surface area contributed by atoms with Gasteiger partial charge in [0.15, 0.2) is 6.23 Å². The number of aliphatic hydroxyl groups is 3. The molecule has 1 aliphatic heterocycles. The van der Waals surface area contributed by atoms with Crippen LogP contribution in [0.1, 0.15) is 6.23 Å². The minimum atomic E-state index is -1.52. The summed E-state index contributed by atoms with van der Waals surface area (Å²) in [7, 11) is 0. The van der Waals surface area contributed by atoms with Crippen molar-refractivity contribution < 1.29 is 29.9 Å². The highest BCUT2D eigenvalue weighted by molar-refractivity contribution is 4.94. The molecule has 0 aromatic carbocycles. The summed E-state index contributed by atoms with van der Waals surface area (Å²) in [5.41, 5.74) is -2.18. The number of H-pyrrole nitrogens is 1. The molecule has 2 rings (SSSR count). The smallest absolute Gasteiger partial charge is 0.330 e. The van der Waals surface area contributed by atoms with Crippen molar-refractivity contribution in [3.05, 3.63) is 32.9 Å². The van der Waals surface area contributed by atoms with E-state index in [0.29, 0.717) is 10.8 Å². The van der Waals surface area contributed by atoms with Crippen LogP contribution in [0.4, 0.5) is 4.39 Å². The van der Waals surface area contributed by atoms with Crippen molar-refractivity contribution in [3.63, 3.8) is 0 Å². The van der Waals surface area contributed by atoms with Gasteiger partial charge in [0, 0.05) is 0 Å². The number of aliphatic hydroxyl groups excluding tert-OH is 3. The van der Waals surface area contributed by atoms with E-state index in [-0.39, 0.29) is 5.48 Å². The fraction of sp³-hybridized carbons (Fsp3) is 0.556. The third kappa shape index (κ3) is 2.57. The van der Waals surface area contributed by atoms with E-state index in [2.05, 4.69) is 0 Å². The number of nitrogens with one attached hydrogen (secondary N) is 1. The second-order valence-corrected chi connectivity index (χ2v) is 3.87. The van der Waals surface area contributed by atoms with Gasteiger partial charge in [0.05, 0.1) is 12.8 Å². The van der Waals surface area contributed by atoms with Crippen LogP contribution in [0, 0.1) is 5.82 Å². The lowest BCUT2D eigenvalue weighted by atomic mass is 10.1. The molecule has 0 aliphatic carbocycles. The van der Waals surface area contributed by atoms with E-state index in [0.717, 1.165) is 0 Å². The Morgan fingerprint density at radius 2 is 2.00 bits per heavy atom. The SMILES string of the molecule is O.O=c1[nH]c(=O)n([C@@H]2O[C@H](CO)[C@@H](O)[C@H]2O)cc1F. The maximum absolute atomic E-state index is 13.1. The fourth-order valence-electron chi connectivity index (χ4n) is 1.76. The summed E-state index contributed by atoms with van der Waals surface area (Å²) in [4.78, 5) is 24.0. The van der Waals surface area contributed by atoms with E-state index in [1.165, 1.54) is 0 Å². The van der Waals surface area contributed by atoms with Gasteiger partial charge in [0.1, 0.15) is 18.3 Å². The topological polar surface area (TPSA) is 156 Å². The van der Waals surface area contributed by atoms with E-state index in [9.17, 15) is 24.2 Å². The van der Waals surface area contributed by atoms with E-state index >= 15 is 0 Å². The number of ether oxygens (including phenoxy) is 1. The molecule has 0 bridgehead atoms. The molecule has 2 heterocycles. The summed E-state index contributed by atoms with van der Waals surface area (Å²) in [6, 6.07) is 0. The zero-order chi connectivity index (χ0) is 13.4. The number of nitrogens with zero attached hydrogens (tertiary/aromatic N) is 1. The van der Waals surface area contributed by atoms with Crippen LogP contribution in [0.5, 0.6) is 0 Å².